The molecule has 0 saturated carbocycles. The van der Waals surface area contributed by atoms with E-state index in [0.29, 0.717) is 16.9 Å². The predicted octanol–water partition coefficient (Wildman–Crippen LogP) is 1.01. The maximum atomic E-state index is 9.16. The molecule has 0 unspecified atom stereocenters. The Hall–Kier alpha value is -1.87. The molecular weight excluding hydrogens is 242 g/mol. The van der Waals surface area contributed by atoms with Crippen LogP contribution in [0.5, 0.6) is 0 Å². The second-order valence-electron chi connectivity index (χ2n) is 5.26. The van der Waals surface area contributed by atoms with E-state index in [4.69, 9.17) is 10.00 Å². The summed E-state index contributed by atoms with van der Waals surface area (Å²) < 4.78 is 5.42. The van der Waals surface area contributed by atoms with Crippen LogP contribution in [0.25, 0.3) is 0 Å². The number of nitrogens with one attached hydrogen (secondary N) is 1. The van der Waals surface area contributed by atoms with Gasteiger partial charge in [-0.15, -0.1) is 0 Å². The maximum Gasteiger partial charge on any atom is 0.224 e. The highest BCUT2D eigenvalue weighted by Crippen LogP contribution is 2.42. The molecule has 6 nitrogen and oxygen atoms in total. The number of hydrogen-bond acceptors (Lipinski definition) is 6. The Kier molecular flexibility index (Phi) is 2.99. The number of nitrogens with zero attached hydrogens (tertiary/aromatic N) is 4. The Morgan fingerprint density at radius 3 is 2.79 bits per heavy atom. The normalized spacial score (nSPS) is 20.7. The van der Waals surface area contributed by atoms with E-state index < -0.39 is 0 Å². The molecule has 2 aliphatic rings. The number of nitriles is 1. The average molecular weight is 259 g/mol. The van der Waals surface area contributed by atoms with E-state index in [9.17, 15) is 0 Å². The van der Waals surface area contributed by atoms with Gasteiger partial charge in [-0.2, -0.15) is 10.2 Å². The van der Waals surface area contributed by atoms with Crippen molar-refractivity contribution in [3.8, 4) is 6.07 Å². The molecule has 19 heavy (non-hydrogen) atoms. The van der Waals surface area contributed by atoms with Crippen molar-refractivity contribution < 1.29 is 4.74 Å². The monoisotopic (exact) mass is 259 g/mol. The number of hydrogen-bond donors (Lipinski definition) is 1. The van der Waals surface area contributed by atoms with Gasteiger partial charge in [-0.05, 0) is 12.8 Å². The van der Waals surface area contributed by atoms with Gasteiger partial charge >= 0.3 is 0 Å². The van der Waals surface area contributed by atoms with Crippen LogP contribution in [-0.4, -0.2) is 43.3 Å². The molecule has 3 rings (SSSR count). The summed E-state index contributed by atoms with van der Waals surface area (Å²) in [7, 11) is 1.78. The summed E-state index contributed by atoms with van der Waals surface area (Å²) in [6, 6.07) is 2.17. The molecule has 2 aliphatic heterocycles. The van der Waals surface area contributed by atoms with E-state index in [-0.39, 0.29) is 0 Å². The molecule has 100 valence electrons. The van der Waals surface area contributed by atoms with Gasteiger partial charge in [0, 0.05) is 38.8 Å². The first-order valence-corrected chi connectivity index (χ1v) is 6.54. The van der Waals surface area contributed by atoms with Crippen LogP contribution in [0, 0.1) is 16.7 Å². The fourth-order valence-electron chi connectivity index (χ4n) is 2.85. The first kappa shape index (κ1) is 12.2. The third-order valence-corrected chi connectivity index (χ3v) is 4.02. The highest BCUT2D eigenvalue weighted by molar-refractivity contribution is 5.57. The minimum atomic E-state index is 0.371. The van der Waals surface area contributed by atoms with Crippen LogP contribution >= 0.6 is 0 Å². The first-order valence-electron chi connectivity index (χ1n) is 6.54. The topological polar surface area (TPSA) is 74.1 Å². The second kappa shape index (κ2) is 4.67. The van der Waals surface area contributed by atoms with Gasteiger partial charge in [-0.25, -0.2) is 4.98 Å². The molecule has 1 aromatic rings. The highest BCUT2D eigenvalue weighted by atomic mass is 16.5. The van der Waals surface area contributed by atoms with Crippen molar-refractivity contribution in [1.29, 1.82) is 5.26 Å². The Bertz CT molecular complexity index is 510. The van der Waals surface area contributed by atoms with Crippen molar-refractivity contribution >= 4 is 11.8 Å². The molecule has 2 saturated heterocycles. The van der Waals surface area contributed by atoms with Crippen LogP contribution in [0.4, 0.5) is 11.8 Å². The highest BCUT2D eigenvalue weighted by Gasteiger charge is 2.45. The summed E-state index contributed by atoms with van der Waals surface area (Å²) in [5.74, 6) is 1.31. The van der Waals surface area contributed by atoms with Crippen molar-refractivity contribution in [2.24, 2.45) is 5.41 Å². The van der Waals surface area contributed by atoms with Crippen LogP contribution in [0.2, 0.25) is 0 Å². The van der Waals surface area contributed by atoms with Gasteiger partial charge in [0.05, 0.1) is 6.20 Å². The number of ether oxygens (including phenoxy) is 1. The van der Waals surface area contributed by atoms with Crippen LogP contribution in [-0.2, 0) is 4.74 Å². The van der Waals surface area contributed by atoms with E-state index in [1.807, 2.05) is 0 Å². The van der Waals surface area contributed by atoms with Crippen LogP contribution in [0.1, 0.15) is 18.4 Å². The van der Waals surface area contributed by atoms with Crippen LogP contribution < -0.4 is 10.2 Å². The lowest BCUT2D eigenvalue weighted by atomic mass is 9.73. The number of aromatic nitrogens is 2. The molecule has 1 N–H and O–H groups in total. The summed E-state index contributed by atoms with van der Waals surface area (Å²) in [5.41, 5.74) is 0.913. The van der Waals surface area contributed by atoms with Gasteiger partial charge in [-0.1, -0.05) is 0 Å². The molecule has 6 heteroatoms. The van der Waals surface area contributed by atoms with Crippen LogP contribution in [0.15, 0.2) is 6.20 Å². The first-order chi connectivity index (χ1) is 9.26. The number of anilines is 2. The molecule has 0 aromatic carbocycles. The van der Waals surface area contributed by atoms with Gasteiger partial charge < -0.3 is 15.0 Å². The van der Waals surface area contributed by atoms with Crippen LogP contribution in [0.3, 0.4) is 0 Å². The zero-order chi connectivity index (χ0) is 13.3. The molecule has 2 fully saturated rings. The average Bonchev–Trinajstić information content (AvgIpc) is 2.45. The second-order valence-corrected chi connectivity index (χ2v) is 5.26. The Morgan fingerprint density at radius 1 is 1.42 bits per heavy atom. The predicted molar refractivity (Wildman–Crippen MR) is 71.0 cm³/mol. The Balaban J connectivity index is 1.79. The minimum absolute atomic E-state index is 0.371. The molecule has 1 aromatic heterocycles. The van der Waals surface area contributed by atoms with Gasteiger partial charge in [0.1, 0.15) is 11.6 Å². The van der Waals surface area contributed by atoms with Crippen molar-refractivity contribution in [2.75, 3.05) is 43.6 Å². The molecule has 0 radical (unpaired) electrons. The lowest BCUT2D eigenvalue weighted by Crippen LogP contribution is -2.59. The summed E-state index contributed by atoms with van der Waals surface area (Å²) in [6.07, 6.45) is 3.80. The molecule has 0 bridgehead atoms. The lowest BCUT2D eigenvalue weighted by molar-refractivity contribution is -0.000469. The summed E-state index contributed by atoms with van der Waals surface area (Å²) in [4.78, 5) is 10.7. The lowest BCUT2D eigenvalue weighted by Gasteiger charge is -2.52. The molecule has 1 spiro atoms. The van der Waals surface area contributed by atoms with E-state index in [1.54, 1.807) is 13.2 Å². The quantitative estimate of drug-likeness (QED) is 0.854. The summed E-state index contributed by atoms with van der Waals surface area (Å²) in [6.45, 7) is 3.63. The fraction of sp³-hybridized carbons (Fsp3) is 0.615. The van der Waals surface area contributed by atoms with E-state index in [0.717, 1.165) is 45.0 Å². The van der Waals surface area contributed by atoms with Gasteiger partial charge in [-0.3, -0.25) is 0 Å². The molecular formula is C13H17N5O. The van der Waals surface area contributed by atoms with E-state index >= 15 is 0 Å². The van der Waals surface area contributed by atoms with Crippen molar-refractivity contribution in [2.45, 2.75) is 12.8 Å². The van der Waals surface area contributed by atoms with E-state index in [1.165, 1.54) is 0 Å². The third-order valence-electron chi connectivity index (χ3n) is 4.02. The largest absolute Gasteiger partial charge is 0.381 e. The smallest absolute Gasteiger partial charge is 0.224 e. The number of rotatable bonds is 2. The van der Waals surface area contributed by atoms with Gasteiger partial charge in [0.25, 0.3) is 0 Å². The molecule has 0 aliphatic carbocycles. The SMILES string of the molecule is CNc1ncc(C#N)c(N2CC3(CCOCC3)C2)n1. The fourth-order valence-corrected chi connectivity index (χ4v) is 2.85. The summed E-state index contributed by atoms with van der Waals surface area (Å²) in [5, 5.41) is 12.1. The Morgan fingerprint density at radius 2 is 2.16 bits per heavy atom. The maximum absolute atomic E-state index is 9.16. The molecule has 3 heterocycles. The summed E-state index contributed by atoms with van der Waals surface area (Å²) >= 11 is 0. The Labute approximate surface area is 112 Å². The molecule has 0 amide bonds. The van der Waals surface area contributed by atoms with Crippen molar-refractivity contribution in [3.05, 3.63) is 11.8 Å². The van der Waals surface area contributed by atoms with Gasteiger partial charge in [0.15, 0.2) is 5.82 Å². The third kappa shape index (κ3) is 2.10. The zero-order valence-electron chi connectivity index (χ0n) is 11.0. The van der Waals surface area contributed by atoms with E-state index in [2.05, 4.69) is 26.3 Å². The van der Waals surface area contributed by atoms with Gasteiger partial charge in [0.2, 0.25) is 5.95 Å². The molecule has 0 atom stereocenters. The zero-order valence-corrected chi connectivity index (χ0v) is 11.0. The van der Waals surface area contributed by atoms with Crippen molar-refractivity contribution in [1.82, 2.24) is 9.97 Å². The van der Waals surface area contributed by atoms with Crippen molar-refractivity contribution in [3.63, 3.8) is 0 Å². The standard InChI is InChI=1S/C13H17N5O/c1-15-12-16-7-10(6-14)11(17-12)18-8-13(9-18)2-4-19-5-3-13/h7H,2-5,8-9H2,1H3,(H,15,16,17). The minimum Gasteiger partial charge on any atom is -0.381 e.